The molecule has 1 unspecified atom stereocenters. The quantitative estimate of drug-likeness (QED) is 0.654. The molecule has 1 amide bonds. The van der Waals surface area contributed by atoms with Crippen LogP contribution < -0.4 is 0 Å². The Morgan fingerprint density at radius 3 is 2.64 bits per heavy atom. The monoisotopic (exact) mass is 203 g/mol. The van der Waals surface area contributed by atoms with Gasteiger partial charge in [0.05, 0.1) is 6.67 Å². The second kappa shape index (κ2) is 4.15. The van der Waals surface area contributed by atoms with Crippen LogP contribution in [0.5, 0.6) is 0 Å². The highest BCUT2D eigenvalue weighted by molar-refractivity contribution is 5.68. The lowest BCUT2D eigenvalue weighted by molar-refractivity contribution is 0.0287. The molecule has 0 aromatic heterocycles. The second-order valence-corrected chi connectivity index (χ2v) is 4.74. The van der Waals surface area contributed by atoms with Crippen LogP contribution >= 0.6 is 0 Å². The number of halogens is 1. The van der Waals surface area contributed by atoms with E-state index < -0.39 is 5.60 Å². The molecule has 82 valence electrons. The molecule has 0 aliphatic carbocycles. The Morgan fingerprint density at radius 1 is 1.57 bits per heavy atom. The number of nitrogens with zero attached hydrogens (tertiary/aromatic N) is 1. The molecule has 0 aromatic carbocycles. The van der Waals surface area contributed by atoms with Gasteiger partial charge in [0.2, 0.25) is 0 Å². The van der Waals surface area contributed by atoms with Gasteiger partial charge in [-0.25, -0.2) is 4.79 Å². The van der Waals surface area contributed by atoms with E-state index in [4.69, 9.17) is 4.74 Å². The van der Waals surface area contributed by atoms with E-state index in [1.807, 2.05) is 20.8 Å². The lowest BCUT2D eigenvalue weighted by Gasteiger charge is -2.24. The average Bonchev–Trinajstić information content (AvgIpc) is 2.48. The van der Waals surface area contributed by atoms with Crippen molar-refractivity contribution >= 4 is 6.09 Å². The molecule has 1 aliphatic heterocycles. The summed E-state index contributed by atoms with van der Waals surface area (Å²) < 4.78 is 17.5. The minimum atomic E-state index is -0.467. The number of rotatable bonds is 1. The van der Waals surface area contributed by atoms with Crippen molar-refractivity contribution in [1.82, 2.24) is 4.90 Å². The molecule has 1 heterocycles. The van der Waals surface area contributed by atoms with Crippen LogP contribution in [-0.2, 0) is 4.74 Å². The molecule has 1 aliphatic rings. The van der Waals surface area contributed by atoms with E-state index in [1.54, 1.807) is 4.90 Å². The summed E-state index contributed by atoms with van der Waals surface area (Å²) in [5, 5.41) is 0. The Morgan fingerprint density at radius 2 is 2.21 bits per heavy atom. The largest absolute Gasteiger partial charge is 0.444 e. The van der Waals surface area contributed by atoms with Crippen LogP contribution in [0.1, 0.15) is 27.2 Å². The summed E-state index contributed by atoms with van der Waals surface area (Å²) in [5.74, 6) is 0.00233. The first-order valence-corrected chi connectivity index (χ1v) is 4.96. The van der Waals surface area contributed by atoms with Crippen LogP contribution in [0, 0.1) is 5.92 Å². The fraction of sp³-hybridized carbons (Fsp3) is 0.900. The molecule has 1 rings (SSSR count). The van der Waals surface area contributed by atoms with Gasteiger partial charge in [0.1, 0.15) is 5.60 Å². The predicted octanol–water partition coefficient (Wildman–Crippen LogP) is 2.21. The highest BCUT2D eigenvalue weighted by atomic mass is 19.1. The van der Waals surface area contributed by atoms with E-state index in [0.717, 1.165) is 6.42 Å². The average molecular weight is 203 g/mol. The number of hydrogen-bond donors (Lipinski definition) is 0. The van der Waals surface area contributed by atoms with Crippen molar-refractivity contribution in [3.63, 3.8) is 0 Å². The molecule has 0 bridgehead atoms. The summed E-state index contributed by atoms with van der Waals surface area (Å²) in [7, 11) is 0. The number of carbonyl (C=O) groups excluding carboxylic acids is 1. The SMILES string of the molecule is CC(C)(C)OC(=O)N1CCC(CF)C1. The molecule has 0 saturated carbocycles. The Kier molecular flexibility index (Phi) is 3.34. The normalized spacial score (nSPS) is 22.6. The van der Waals surface area contributed by atoms with Crippen LogP contribution in [0.2, 0.25) is 0 Å². The van der Waals surface area contributed by atoms with Crippen LogP contribution in [-0.4, -0.2) is 36.4 Å². The third kappa shape index (κ3) is 3.16. The Hall–Kier alpha value is -0.800. The Labute approximate surface area is 84.2 Å². The molecule has 0 aromatic rings. The van der Waals surface area contributed by atoms with Crippen molar-refractivity contribution in [2.24, 2.45) is 5.92 Å². The number of ether oxygens (including phenoxy) is 1. The van der Waals surface area contributed by atoms with E-state index in [0.29, 0.717) is 13.1 Å². The van der Waals surface area contributed by atoms with Gasteiger partial charge in [-0.2, -0.15) is 0 Å². The molecular formula is C10H18FNO2. The fourth-order valence-corrected chi connectivity index (χ4v) is 1.45. The summed E-state index contributed by atoms with van der Waals surface area (Å²) in [6.45, 7) is 6.24. The van der Waals surface area contributed by atoms with Gasteiger partial charge in [-0.1, -0.05) is 0 Å². The maximum absolute atomic E-state index is 12.3. The highest BCUT2D eigenvalue weighted by Crippen LogP contribution is 2.19. The number of hydrogen-bond acceptors (Lipinski definition) is 2. The van der Waals surface area contributed by atoms with Gasteiger partial charge in [-0.15, -0.1) is 0 Å². The molecule has 0 radical (unpaired) electrons. The first-order chi connectivity index (χ1) is 6.42. The van der Waals surface area contributed by atoms with Crippen LogP contribution in [0.3, 0.4) is 0 Å². The van der Waals surface area contributed by atoms with Crippen molar-refractivity contribution in [2.75, 3.05) is 19.8 Å². The maximum atomic E-state index is 12.3. The zero-order valence-electron chi connectivity index (χ0n) is 9.05. The standard InChI is InChI=1S/C10H18FNO2/c1-10(2,3)14-9(13)12-5-4-8(6-11)7-12/h8H,4-7H2,1-3H3. The molecule has 0 spiro atoms. The van der Waals surface area contributed by atoms with E-state index in [1.165, 1.54) is 0 Å². The summed E-state index contributed by atoms with van der Waals surface area (Å²) in [6.07, 6.45) is 0.420. The zero-order chi connectivity index (χ0) is 10.8. The van der Waals surface area contributed by atoms with E-state index >= 15 is 0 Å². The topological polar surface area (TPSA) is 29.5 Å². The number of carbonyl (C=O) groups is 1. The van der Waals surface area contributed by atoms with Crippen LogP contribution in [0.15, 0.2) is 0 Å². The van der Waals surface area contributed by atoms with E-state index in [2.05, 4.69) is 0 Å². The minimum absolute atomic E-state index is 0.00233. The van der Waals surface area contributed by atoms with Gasteiger partial charge in [0.25, 0.3) is 0 Å². The van der Waals surface area contributed by atoms with Crippen molar-refractivity contribution in [2.45, 2.75) is 32.8 Å². The lowest BCUT2D eigenvalue weighted by Crippen LogP contribution is -2.35. The lowest BCUT2D eigenvalue weighted by atomic mass is 10.1. The van der Waals surface area contributed by atoms with Crippen molar-refractivity contribution < 1.29 is 13.9 Å². The molecule has 1 fully saturated rings. The molecule has 1 atom stereocenters. The van der Waals surface area contributed by atoms with Gasteiger partial charge in [0, 0.05) is 19.0 Å². The first-order valence-electron chi connectivity index (χ1n) is 4.96. The zero-order valence-corrected chi connectivity index (χ0v) is 9.05. The predicted molar refractivity (Wildman–Crippen MR) is 51.9 cm³/mol. The van der Waals surface area contributed by atoms with Crippen molar-refractivity contribution in [1.29, 1.82) is 0 Å². The van der Waals surface area contributed by atoms with Gasteiger partial charge in [-0.05, 0) is 27.2 Å². The summed E-state index contributed by atoms with van der Waals surface area (Å²) >= 11 is 0. The van der Waals surface area contributed by atoms with E-state index in [-0.39, 0.29) is 18.7 Å². The number of likely N-dealkylation sites (tertiary alicyclic amines) is 1. The molecule has 3 nitrogen and oxygen atoms in total. The van der Waals surface area contributed by atoms with Crippen molar-refractivity contribution in [3.8, 4) is 0 Å². The van der Waals surface area contributed by atoms with Gasteiger partial charge < -0.3 is 9.64 Å². The summed E-state index contributed by atoms with van der Waals surface area (Å²) in [4.78, 5) is 13.1. The molecule has 1 saturated heterocycles. The summed E-state index contributed by atoms with van der Waals surface area (Å²) in [5.41, 5.74) is -0.467. The van der Waals surface area contributed by atoms with Gasteiger partial charge in [0.15, 0.2) is 0 Å². The van der Waals surface area contributed by atoms with Crippen LogP contribution in [0.4, 0.5) is 9.18 Å². The molecule has 0 N–H and O–H groups in total. The van der Waals surface area contributed by atoms with Crippen LogP contribution in [0.25, 0.3) is 0 Å². The van der Waals surface area contributed by atoms with E-state index in [9.17, 15) is 9.18 Å². The smallest absolute Gasteiger partial charge is 0.410 e. The second-order valence-electron chi connectivity index (χ2n) is 4.74. The number of amides is 1. The maximum Gasteiger partial charge on any atom is 0.410 e. The molecule has 14 heavy (non-hydrogen) atoms. The Bertz CT molecular complexity index is 213. The van der Waals surface area contributed by atoms with Gasteiger partial charge >= 0.3 is 6.09 Å². The Balaban J connectivity index is 2.40. The molecule has 4 heteroatoms. The molecular weight excluding hydrogens is 185 g/mol. The van der Waals surface area contributed by atoms with Crippen molar-refractivity contribution in [3.05, 3.63) is 0 Å². The third-order valence-corrected chi connectivity index (χ3v) is 2.16. The number of alkyl halides is 1. The first kappa shape index (κ1) is 11.3. The minimum Gasteiger partial charge on any atom is -0.444 e. The third-order valence-electron chi connectivity index (χ3n) is 2.16. The van der Waals surface area contributed by atoms with Gasteiger partial charge in [-0.3, -0.25) is 4.39 Å². The summed E-state index contributed by atoms with van der Waals surface area (Å²) in [6, 6.07) is 0. The fourth-order valence-electron chi connectivity index (χ4n) is 1.45. The highest BCUT2D eigenvalue weighted by Gasteiger charge is 2.29.